The molecule has 1 N–H and O–H groups in total. The Bertz CT molecular complexity index is 320. The second kappa shape index (κ2) is 4.26. The van der Waals surface area contributed by atoms with Crippen molar-refractivity contribution in [1.29, 1.82) is 0 Å². The summed E-state index contributed by atoms with van der Waals surface area (Å²) in [5.41, 5.74) is 0.832. The van der Waals surface area contributed by atoms with E-state index in [2.05, 4.69) is 10.5 Å². The van der Waals surface area contributed by atoms with Crippen LogP contribution in [0, 0.1) is 12.8 Å². The summed E-state index contributed by atoms with van der Waals surface area (Å²) in [5, 5.41) is 6.52. The largest absolute Gasteiger partial charge is 0.361 e. The van der Waals surface area contributed by atoms with Gasteiger partial charge in [-0.15, -0.1) is 0 Å². The fraction of sp³-hybridized carbons (Fsp3) is 0.600. The van der Waals surface area contributed by atoms with Crippen molar-refractivity contribution in [3.8, 4) is 0 Å². The Morgan fingerprint density at radius 2 is 2.21 bits per heavy atom. The predicted octanol–water partition coefficient (Wildman–Crippen LogP) is 1.47. The van der Waals surface area contributed by atoms with Crippen LogP contribution in [0.15, 0.2) is 10.6 Å². The van der Waals surface area contributed by atoms with Crippen molar-refractivity contribution in [3.63, 3.8) is 0 Å². The molecule has 0 saturated heterocycles. The summed E-state index contributed by atoms with van der Waals surface area (Å²) in [5.74, 6) is 0.783. The lowest BCUT2D eigenvalue weighted by molar-refractivity contribution is -0.124. The van der Waals surface area contributed by atoms with Gasteiger partial charge in [-0.05, 0) is 6.92 Å². The summed E-state index contributed by atoms with van der Waals surface area (Å²) < 4.78 is 4.97. The molecule has 0 aliphatic carbocycles. The number of amides is 1. The normalized spacial score (nSPS) is 14.9. The first-order valence-electron chi connectivity index (χ1n) is 4.71. The monoisotopic (exact) mass is 196 g/mol. The summed E-state index contributed by atoms with van der Waals surface area (Å²) in [6.07, 6.45) is 0. The van der Waals surface area contributed by atoms with Gasteiger partial charge in [0.15, 0.2) is 0 Å². The van der Waals surface area contributed by atoms with E-state index in [0.717, 1.165) is 11.5 Å². The number of rotatable bonds is 3. The van der Waals surface area contributed by atoms with Crippen LogP contribution >= 0.6 is 0 Å². The van der Waals surface area contributed by atoms with Crippen LogP contribution in [0.25, 0.3) is 0 Å². The van der Waals surface area contributed by atoms with E-state index in [0.29, 0.717) is 0 Å². The fourth-order valence-electron chi connectivity index (χ4n) is 1.31. The summed E-state index contributed by atoms with van der Waals surface area (Å²) >= 11 is 0. The van der Waals surface area contributed by atoms with Crippen molar-refractivity contribution < 1.29 is 9.32 Å². The minimum Gasteiger partial charge on any atom is -0.361 e. The van der Waals surface area contributed by atoms with Gasteiger partial charge in [0.25, 0.3) is 0 Å². The zero-order valence-corrected chi connectivity index (χ0v) is 9.00. The standard InChI is InChI=1S/C10H16N2O2/c1-6-5-9(12-14-6)7(2)8(3)10(13)11-4/h5,7-8H,1-4H3,(H,11,13). The van der Waals surface area contributed by atoms with Crippen molar-refractivity contribution in [2.24, 2.45) is 5.92 Å². The summed E-state index contributed by atoms with van der Waals surface area (Å²) in [7, 11) is 1.64. The van der Waals surface area contributed by atoms with Crippen LogP contribution in [0.3, 0.4) is 0 Å². The van der Waals surface area contributed by atoms with Crippen molar-refractivity contribution >= 4 is 5.91 Å². The number of nitrogens with one attached hydrogen (secondary N) is 1. The zero-order valence-electron chi connectivity index (χ0n) is 9.00. The highest BCUT2D eigenvalue weighted by Crippen LogP contribution is 2.23. The Kier molecular flexibility index (Phi) is 3.28. The Morgan fingerprint density at radius 3 is 2.64 bits per heavy atom. The molecule has 78 valence electrons. The van der Waals surface area contributed by atoms with Crippen molar-refractivity contribution in [2.75, 3.05) is 7.05 Å². The van der Waals surface area contributed by atoms with Crippen LogP contribution in [0.1, 0.15) is 31.2 Å². The highest BCUT2D eigenvalue weighted by molar-refractivity contribution is 5.78. The smallest absolute Gasteiger partial charge is 0.223 e. The van der Waals surface area contributed by atoms with E-state index in [1.54, 1.807) is 7.05 Å². The van der Waals surface area contributed by atoms with Gasteiger partial charge in [-0.2, -0.15) is 0 Å². The maximum absolute atomic E-state index is 11.4. The highest BCUT2D eigenvalue weighted by Gasteiger charge is 2.22. The average Bonchev–Trinajstić information content (AvgIpc) is 2.61. The van der Waals surface area contributed by atoms with Crippen molar-refractivity contribution in [2.45, 2.75) is 26.7 Å². The maximum Gasteiger partial charge on any atom is 0.223 e. The predicted molar refractivity (Wildman–Crippen MR) is 52.9 cm³/mol. The SMILES string of the molecule is CNC(=O)C(C)C(C)c1cc(C)on1. The first-order chi connectivity index (χ1) is 6.56. The molecule has 0 aliphatic rings. The lowest BCUT2D eigenvalue weighted by Crippen LogP contribution is -2.28. The molecule has 1 heterocycles. The lowest BCUT2D eigenvalue weighted by atomic mass is 9.92. The van der Waals surface area contributed by atoms with E-state index in [4.69, 9.17) is 4.52 Å². The molecule has 1 aromatic heterocycles. The molecule has 0 bridgehead atoms. The molecule has 1 aromatic rings. The number of aryl methyl sites for hydroxylation is 1. The van der Waals surface area contributed by atoms with Gasteiger partial charge in [-0.25, -0.2) is 0 Å². The van der Waals surface area contributed by atoms with Gasteiger partial charge in [0.2, 0.25) is 5.91 Å². The van der Waals surface area contributed by atoms with Gasteiger partial charge in [0.1, 0.15) is 5.76 Å². The molecule has 1 rings (SSSR count). The molecule has 2 unspecified atom stereocenters. The van der Waals surface area contributed by atoms with Crippen molar-refractivity contribution in [3.05, 3.63) is 17.5 Å². The third-order valence-electron chi connectivity index (χ3n) is 2.52. The number of carbonyl (C=O) groups excluding carboxylic acids is 1. The third-order valence-corrected chi connectivity index (χ3v) is 2.52. The minimum absolute atomic E-state index is 0.0261. The Labute approximate surface area is 83.7 Å². The van der Waals surface area contributed by atoms with Crippen LogP contribution in [-0.2, 0) is 4.79 Å². The molecule has 0 spiro atoms. The van der Waals surface area contributed by atoms with Crippen LogP contribution in [-0.4, -0.2) is 18.1 Å². The second-order valence-electron chi connectivity index (χ2n) is 3.55. The number of nitrogens with zero attached hydrogens (tertiary/aromatic N) is 1. The van der Waals surface area contributed by atoms with E-state index < -0.39 is 0 Å². The van der Waals surface area contributed by atoms with Crippen LogP contribution in [0.2, 0.25) is 0 Å². The van der Waals surface area contributed by atoms with Crippen LogP contribution in [0.4, 0.5) is 0 Å². The van der Waals surface area contributed by atoms with E-state index in [9.17, 15) is 4.79 Å². The molecule has 0 saturated carbocycles. The van der Waals surface area contributed by atoms with E-state index in [1.165, 1.54) is 0 Å². The van der Waals surface area contributed by atoms with Gasteiger partial charge in [0, 0.05) is 24.9 Å². The summed E-state index contributed by atoms with van der Waals surface area (Å²) in [6, 6.07) is 1.87. The Morgan fingerprint density at radius 1 is 1.57 bits per heavy atom. The fourth-order valence-corrected chi connectivity index (χ4v) is 1.31. The highest BCUT2D eigenvalue weighted by atomic mass is 16.5. The molecular formula is C10H16N2O2. The molecule has 4 nitrogen and oxygen atoms in total. The van der Waals surface area contributed by atoms with Crippen LogP contribution < -0.4 is 5.32 Å². The number of hydrogen-bond acceptors (Lipinski definition) is 3. The quantitative estimate of drug-likeness (QED) is 0.796. The average molecular weight is 196 g/mol. The van der Waals surface area contributed by atoms with Gasteiger partial charge in [-0.1, -0.05) is 19.0 Å². The molecule has 14 heavy (non-hydrogen) atoms. The molecule has 1 amide bonds. The molecular weight excluding hydrogens is 180 g/mol. The Hall–Kier alpha value is -1.32. The Balaban J connectivity index is 2.74. The van der Waals surface area contributed by atoms with Crippen molar-refractivity contribution in [1.82, 2.24) is 10.5 Å². The molecule has 0 fully saturated rings. The van der Waals surface area contributed by atoms with E-state index in [1.807, 2.05) is 26.8 Å². The van der Waals surface area contributed by atoms with Crippen LogP contribution in [0.5, 0.6) is 0 Å². The summed E-state index contributed by atoms with van der Waals surface area (Å²) in [6.45, 7) is 5.69. The topological polar surface area (TPSA) is 55.1 Å². The minimum atomic E-state index is -0.0931. The first-order valence-corrected chi connectivity index (χ1v) is 4.71. The molecule has 2 atom stereocenters. The van der Waals surface area contributed by atoms with Gasteiger partial charge in [0.05, 0.1) is 5.69 Å². The molecule has 0 radical (unpaired) electrons. The molecule has 4 heteroatoms. The van der Waals surface area contributed by atoms with E-state index in [-0.39, 0.29) is 17.7 Å². The van der Waals surface area contributed by atoms with E-state index >= 15 is 0 Å². The first kappa shape index (κ1) is 10.8. The lowest BCUT2D eigenvalue weighted by Gasteiger charge is -2.15. The maximum atomic E-state index is 11.4. The summed E-state index contributed by atoms with van der Waals surface area (Å²) in [4.78, 5) is 11.4. The van der Waals surface area contributed by atoms with Gasteiger partial charge in [-0.3, -0.25) is 4.79 Å². The third kappa shape index (κ3) is 2.13. The second-order valence-corrected chi connectivity index (χ2v) is 3.55. The number of carbonyl (C=O) groups is 1. The molecule has 0 aliphatic heterocycles. The van der Waals surface area contributed by atoms with Gasteiger partial charge < -0.3 is 9.84 Å². The zero-order chi connectivity index (χ0) is 10.7. The number of aromatic nitrogens is 1. The molecule has 0 aromatic carbocycles. The van der Waals surface area contributed by atoms with Gasteiger partial charge >= 0.3 is 0 Å². The number of hydrogen-bond donors (Lipinski definition) is 1.